The van der Waals surface area contributed by atoms with Crippen LogP contribution in [0.25, 0.3) is 0 Å². The summed E-state index contributed by atoms with van der Waals surface area (Å²) in [7, 11) is 0. The van der Waals surface area contributed by atoms with Gasteiger partial charge in [-0.2, -0.15) is 0 Å². The van der Waals surface area contributed by atoms with Crippen LogP contribution in [0.2, 0.25) is 0 Å². The molecule has 1 aromatic carbocycles. The lowest BCUT2D eigenvalue weighted by Gasteiger charge is -2.05. The molecule has 0 saturated heterocycles. The van der Waals surface area contributed by atoms with E-state index in [0.29, 0.717) is 10.2 Å². The number of nitro groups is 1. The molecule has 0 aliphatic heterocycles. The highest BCUT2D eigenvalue weighted by Gasteiger charge is 2.17. The van der Waals surface area contributed by atoms with Crippen molar-refractivity contribution in [2.24, 2.45) is 0 Å². The van der Waals surface area contributed by atoms with Crippen LogP contribution in [0.3, 0.4) is 0 Å². The Morgan fingerprint density at radius 1 is 1.37 bits per heavy atom. The molecule has 0 fully saturated rings. The quantitative estimate of drug-likeness (QED) is 0.450. The molecule has 0 aliphatic rings. The van der Waals surface area contributed by atoms with E-state index in [9.17, 15) is 14.9 Å². The van der Waals surface area contributed by atoms with Crippen molar-refractivity contribution in [2.75, 3.05) is 5.32 Å². The van der Waals surface area contributed by atoms with E-state index in [0.717, 1.165) is 9.64 Å². The molecule has 0 aliphatic carbocycles. The first kappa shape index (κ1) is 14.0. The Kier molecular flexibility index (Phi) is 4.20. The Morgan fingerprint density at radius 3 is 2.68 bits per heavy atom. The highest BCUT2D eigenvalue weighted by molar-refractivity contribution is 14.1. The third-order valence-electron chi connectivity index (χ3n) is 2.17. The topological polar surface area (TPSA) is 85.4 Å². The minimum Gasteiger partial charge on any atom is -0.395 e. The Balaban J connectivity index is 2.18. The lowest BCUT2D eigenvalue weighted by Crippen LogP contribution is -2.11. The van der Waals surface area contributed by atoms with E-state index < -0.39 is 16.7 Å². The summed E-state index contributed by atoms with van der Waals surface area (Å²) in [4.78, 5) is 21.6. The highest BCUT2D eigenvalue weighted by Crippen LogP contribution is 2.25. The van der Waals surface area contributed by atoms with Crippen LogP contribution in [0.1, 0.15) is 10.6 Å². The summed E-state index contributed by atoms with van der Waals surface area (Å²) in [5.74, 6) is -1.13. The number of hydrogen-bond acceptors (Lipinski definition) is 4. The number of nitrogens with zero attached hydrogens (tertiary/aromatic N) is 1. The van der Waals surface area contributed by atoms with Crippen LogP contribution in [0.15, 0.2) is 39.2 Å². The maximum atomic E-state index is 11.8. The van der Waals surface area contributed by atoms with Crippen LogP contribution in [0.4, 0.5) is 11.6 Å². The summed E-state index contributed by atoms with van der Waals surface area (Å²) in [6.45, 7) is 0. The zero-order valence-electron chi connectivity index (χ0n) is 9.22. The fraction of sp³-hybridized carbons (Fsp3) is 0. The maximum absolute atomic E-state index is 11.8. The Bertz CT molecular complexity index is 656. The Hall–Kier alpha value is -1.42. The second-order valence-corrected chi connectivity index (χ2v) is 5.57. The normalized spacial score (nSPS) is 10.2. The van der Waals surface area contributed by atoms with Crippen molar-refractivity contribution in [3.05, 3.63) is 54.2 Å². The van der Waals surface area contributed by atoms with Crippen LogP contribution in [-0.2, 0) is 0 Å². The van der Waals surface area contributed by atoms with E-state index >= 15 is 0 Å². The van der Waals surface area contributed by atoms with Gasteiger partial charge < -0.3 is 9.73 Å². The number of anilines is 1. The number of nitrogens with one attached hydrogen (secondary N) is 1. The molecule has 0 atom stereocenters. The van der Waals surface area contributed by atoms with Crippen molar-refractivity contribution >= 4 is 56.0 Å². The van der Waals surface area contributed by atoms with Crippen molar-refractivity contribution in [3.63, 3.8) is 0 Å². The third-order valence-corrected chi connectivity index (χ3v) is 3.50. The summed E-state index contributed by atoms with van der Waals surface area (Å²) in [6, 6.07) is 7.78. The predicted octanol–water partition coefficient (Wildman–Crippen LogP) is 3.81. The van der Waals surface area contributed by atoms with E-state index in [-0.39, 0.29) is 5.76 Å². The molecule has 19 heavy (non-hydrogen) atoms. The van der Waals surface area contributed by atoms with Gasteiger partial charge in [0, 0.05) is 8.04 Å². The molecule has 6 nitrogen and oxygen atoms in total. The molecule has 2 aromatic rings. The van der Waals surface area contributed by atoms with Gasteiger partial charge in [-0.1, -0.05) is 0 Å². The average Bonchev–Trinajstić information content (AvgIpc) is 2.82. The van der Waals surface area contributed by atoms with Crippen LogP contribution in [-0.4, -0.2) is 10.8 Å². The fourth-order valence-electron chi connectivity index (χ4n) is 1.32. The Labute approximate surface area is 129 Å². The van der Waals surface area contributed by atoms with Gasteiger partial charge in [-0.25, -0.2) is 0 Å². The van der Waals surface area contributed by atoms with E-state index in [2.05, 4.69) is 43.8 Å². The highest BCUT2D eigenvalue weighted by atomic mass is 127. The minimum absolute atomic E-state index is 0.114. The number of benzene rings is 1. The van der Waals surface area contributed by atoms with Gasteiger partial charge >= 0.3 is 5.88 Å². The lowest BCUT2D eigenvalue weighted by molar-refractivity contribution is -0.402. The van der Waals surface area contributed by atoms with Crippen molar-refractivity contribution in [2.45, 2.75) is 0 Å². The average molecular weight is 437 g/mol. The van der Waals surface area contributed by atoms with Crippen molar-refractivity contribution < 1.29 is 14.1 Å². The number of amides is 1. The zero-order chi connectivity index (χ0) is 14.0. The second kappa shape index (κ2) is 5.70. The van der Waals surface area contributed by atoms with Gasteiger partial charge in [0.05, 0.1) is 11.8 Å². The van der Waals surface area contributed by atoms with Crippen LogP contribution in [0.5, 0.6) is 0 Å². The van der Waals surface area contributed by atoms with Crippen molar-refractivity contribution in [1.29, 1.82) is 0 Å². The zero-order valence-corrected chi connectivity index (χ0v) is 13.0. The second-order valence-electron chi connectivity index (χ2n) is 3.47. The molecule has 0 bridgehead atoms. The number of furan rings is 1. The third kappa shape index (κ3) is 3.32. The molecule has 0 radical (unpaired) electrons. The maximum Gasteiger partial charge on any atom is 0.433 e. The number of hydrogen-bond donors (Lipinski definition) is 1. The van der Waals surface area contributed by atoms with E-state index in [4.69, 9.17) is 4.42 Å². The molecule has 2 rings (SSSR count). The first-order valence-corrected chi connectivity index (χ1v) is 6.85. The summed E-state index contributed by atoms with van der Waals surface area (Å²) >= 11 is 5.46. The number of rotatable bonds is 3. The fourth-order valence-corrected chi connectivity index (χ4v) is 2.72. The standard InChI is InChI=1S/C11H6BrIN2O4/c12-7-5-6(13)1-2-8(7)14-11(16)9-3-4-10(19-9)15(17)18/h1-5H,(H,14,16). The summed E-state index contributed by atoms with van der Waals surface area (Å²) in [5, 5.41) is 13.1. The predicted molar refractivity (Wildman–Crippen MR) is 80.2 cm³/mol. The smallest absolute Gasteiger partial charge is 0.395 e. The molecule has 8 heteroatoms. The van der Waals surface area contributed by atoms with Gasteiger partial charge in [-0.3, -0.25) is 14.9 Å². The van der Waals surface area contributed by atoms with Gasteiger partial charge in [-0.05, 0) is 62.8 Å². The minimum atomic E-state index is -0.697. The van der Waals surface area contributed by atoms with Gasteiger partial charge in [-0.15, -0.1) is 0 Å². The first-order valence-electron chi connectivity index (χ1n) is 4.98. The number of halogens is 2. The summed E-state index contributed by atoms with van der Waals surface area (Å²) in [5.41, 5.74) is 0.560. The monoisotopic (exact) mass is 436 g/mol. The van der Waals surface area contributed by atoms with E-state index in [1.165, 1.54) is 6.07 Å². The summed E-state index contributed by atoms with van der Waals surface area (Å²) in [6.07, 6.45) is 0. The number of carbonyl (C=O) groups excluding carboxylic acids is 1. The SMILES string of the molecule is O=C(Nc1ccc(I)cc1Br)c1ccc([N+](=O)[O-])o1. The first-order chi connectivity index (χ1) is 8.97. The lowest BCUT2D eigenvalue weighted by atomic mass is 10.3. The van der Waals surface area contributed by atoms with Gasteiger partial charge in [0.2, 0.25) is 0 Å². The van der Waals surface area contributed by atoms with E-state index in [1.54, 1.807) is 6.07 Å². The van der Waals surface area contributed by atoms with Crippen molar-refractivity contribution in [1.82, 2.24) is 0 Å². The molecule has 0 saturated carbocycles. The Morgan fingerprint density at radius 2 is 2.11 bits per heavy atom. The molecule has 1 heterocycles. The molecule has 1 amide bonds. The van der Waals surface area contributed by atoms with Crippen LogP contribution < -0.4 is 5.32 Å². The molecule has 98 valence electrons. The molecular weight excluding hydrogens is 431 g/mol. The van der Waals surface area contributed by atoms with Gasteiger partial charge in [0.25, 0.3) is 5.91 Å². The van der Waals surface area contributed by atoms with Gasteiger partial charge in [0.1, 0.15) is 4.92 Å². The van der Waals surface area contributed by atoms with Crippen LogP contribution >= 0.6 is 38.5 Å². The largest absolute Gasteiger partial charge is 0.433 e. The number of carbonyl (C=O) groups is 1. The molecule has 0 spiro atoms. The van der Waals surface area contributed by atoms with Crippen LogP contribution in [0, 0.1) is 13.7 Å². The molecule has 0 unspecified atom stereocenters. The molecular formula is C11H6BrIN2O4. The molecule has 1 aromatic heterocycles. The van der Waals surface area contributed by atoms with Crippen molar-refractivity contribution in [3.8, 4) is 0 Å². The van der Waals surface area contributed by atoms with E-state index in [1.807, 2.05) is 12.1 Å². The van der Waals surface area contributed by atoms with Gasteiger partial charge in [0.15, 0.2) is 5.76 Å². The summed E-state index contributed by atoms with van der Waals surface area (Å²) < 4.78 is 6.54. The molecule has 1 N–H and O–H groups in total.